The Balaban J connectivity index is 2.58. The highest BCUT2D eigenvalue weighted by Crippen LogP contribution is 2.34. The van der Waals surface area contributed by atoms with Gasteiger partial charge in [0.25, 0.3) is 0 Å². The van der Waals surface area contributed by atoms with Gasteiger partial charge in [-0.25, -0.2) is 8.42 Å². The third-order valence-electron chi connectivity index (χ3n) is 5.40. The number of halogens is 3. The molecule has 2 aromatic rings. The Morgan fingerprint density at radius 2 is 1.67 bits per heavy atom. The summed E-state index contributed by atoms with van der Waals surface area (Å²) in [5, 5.41) is 0. The van der Waals surface area contributed by atoms with Gasteiger partial charge >= 0.3 is 6.18 Å². The van der Waals surface area contributed by atoms with E-state index < -0.39 is 21.6 Å². The molecule has 0 saturated heterocycles. The van der Waals surface area contributed by atoms with E-state index in [1.165, 1.54) is 19.1 Å². The minimum absolute atomic E-state index is 0.219. The van der Waals surface area contributed by atoms with E-state index in [0.717, 1.165) is 17.4 Å². The number of sulfone groups is 1. The molecule has 0 N–H and O–H groups in total. The van der Waals surface area contributed by atoms with E-state index in [9.17, 15) is 21.6 Å². The van der Waals surface area contributed by atoms with Gasteiger partial charge in [0.2, 0.25) is 0 Å². The fourth-order valence-electron chi connectivity index (χ4n) is 3.57. The first-order valence-corrected chi connectivity index (χ1v) is 12.7. The van der Waals surface area contributed by atoms with Crippen LogP contribution in [0.5, 0.6) is 0 Å². The highest BCUT2D eigenvalue weighted by molar-refractivity contribution is 7.90. The standard InChI is InChI=1S/C26H32F3NO2S/c1-7-19(4)24(26(27,28)29)16-25(30(5)17-18(2)3)21-13-11-20(12-14-21)22-9-8-10-23(15-22)33(6,31)32/h8-16,18H,7,17H2,1-6H3/b24-19-,25-16-. The van der Waals surface area contributed by atoms with Crippen LogP contribution in [0.4, 0.5) is 13.2 Å². The maximum Gasteiger partial charge on any atom is 0.416 e. The summed E-state index contributed by atoms with van der Waals surface area (Å²) in [5.41, 5.74) is 2.31. The molecule has 0 fully saturated rings. The molecule has 2 rings (SSSR count). The first kappa shape index (κ1) is 26.7. The summed E-state index contributed by atoms with van der Waals surface area (Å²) >= 11 is 0. The van der Waals surface area contributed by atoms with Crippen LogP contribution < -0.4 is 0 Å². The number of rotatable bonds is 8. The van der Waals surface area contributed by atoms with Crippen molar-refractivity contribution in [2.24, 2.45) is 5.92 Å². The molecule has 0 unspecified atom stereocenters. The molecule has 0 bridgehead atoms. The summed E-state index contributed by atoms with van der Waals surface area (Å²) in [6, 6.07) is 13.8. The minimum Gasteiger partial charge on any atom is -0.374 e. The summed E-state index contributed by atoms with van der Waals surface area (Å²) in [6.07, 6.45) is -1.75. The maximum atomic E-state index is 13.8. The van der Waals surface area contributed by atoms with Crippen LogP contribution >= 0.6 is 0 Å². The molecule has 180 valence electrons. The predicted molar refractivity (Wildman–Crippen MR) is 129 cm³/mol. The van der Waals surface area contributed by atoms with Gasteiger partial charge in [-0.15, -0.1) is 0 Å². The Kier molecular flexibility index (Phi) is 8.57. The number of benzene rings is 2. The van der Waals surface area contributed by atoms with Crippen molar-refractivity contribution in [1.82, 2.24) is 4.90 Å². The summed E-state index contributed by atoms with van der Waals surface area (Å²) < 4.78 is 65.2. The summed E-state index contributed by atoms with van der Waals surface area (Å²) in [6.45, 7) is 7.86. The number of allylic oxidation sites excluding steroid dienone is 3. The molecule has 0 aliphatic heterocycles. The average molecular weight is 480 g/mol. The molecule has 0 atom stereocenters. The molecule has 0 aliphatic rings. The highest BCUT2D eigenvalue weighted by atomic mass is 32.2. The quantitative estimate of drug-likeness (QED) is 0.384. The monoisotopic (exact) mass is 479 g/mol. The number of hydrogen-bond donors (Lipinski definition) is 0. The van der Waals surface area contributed by atoms with E-state index in [1.54, 1.807) is 56.4 Å². The van der Waals surface area contributed by atoms with Crippen LogP contribution in [-0.2, 0) is 9.84 Å². The largest absolute Gasteiger partial charge is 0.416 e. The lowest BCUT2D eigenvalue weighted by atomic mass is 9.99. The fourth-order valence-corrected chi connectivity index (χ4v) is 4.24. The summed E-state index contributed by atoms with van der Waals surface area (Å²) in [4.78, 5) is 2.06. The van der Waals surface area contributed by atoms with E-state index in [-0.39, 0.29) is 16.4 Å². The van der Waals surface area contributed by atoms with Gasteiger partial charge in [-0.05, 0) is 54.2 Å². The maximum absolute atomic E-state index is 13.8. The van der Waals surface area contributed by atoms with Crippen LogP contribution in [0.15, 0.2) is 70.6 Å². The Hall–Kier alpha value is -2.54. The number of nitrogens with zero attached hydrogens (tertiary/aromatic N) is 1. The average Bonchev–Trinajstić information content (AvgIpc) is 2.72. The summed E-state index contributed by atoms with van der Waals surface area (Å²) in [7, 11) is -1.55. The Morgan fingerprint density at radius 3 is 2.15 bits per heavy atom. The molecule has 3 nitrogen and oxygen atoms in total. The normalized spacial score (nSPS) is 13.8. The topological polar surface area (TPSA) is 37.4 Å². The molecule has 0 radical (unpaired) electrons. The van der Waals surface area contributed by atoms with E-state index >= 15 is 0 Å². The van der Waals surface area contributed by atoms with Crippen molar-refractivity contribution in [2.75, 3.05) is 19.8 Å². The van der Waals surface area contributed by atoms with Crippen molar-refractivity contribution < 1.29 is 21.6 Å². The molecule has 2 aromatic carbocycles. The van der Waals surface area contributed by atoms with Gasteiger partial charge in [0.1, 0.15) is 0 Å². The lowest BCUT2D eigenvalue weighted by Gasteiger charge is -2.26. The lowest BCUT2D eigenvalue weighted by molar-refractivity contribution is -0.0891. The van der Waals surface area contributed by atoms with Crippen LogP contribution in [-0.4, -0.2) is 39.3 Å². The van der Waals surface area contributed by atoms with Gasteiger partial charge in [-0.2, -0.15) is 13.2 Å². The molecule has 33 heavy (non-hydrogen) atoms. The molecule has 0 heterocycles. The van der Waals surface area contributed by atoms with Gasteiger partial charge in [0.15, 0.2) is 9.84 Å². The van der Waals surface area contributed by atoms with E-state index in [1.807, 2.05) is 18.7 Å². The first-order chi connectivity index (χ1) is 15.2. The van der Waals surface area contributed by atoms with Gasteiger partial charge in [0.05, 0.1) is 10.5 Å². The Bertz CT molecular complexity index is 1130. The zero-order chi connectivity index (χ0) is 25.0. The third kappa shape index (κ3) is 7.22. The van der Waals surface area contributed by atoms with Crippen LogP contribution in [0, 0.1) is 5.92 Å². The Labute approximate surface area is 195 Å². The zero-order valence-electron chi connectivity index (χ0n) is 20.0. The number of alkyl halides is 3. The second-order valence-electron chi connectivity index (χ2n) is 8.73. The molecule has 0 amide bonds. The molecular formula is C26H32F3NO2S. The second kappa shape index (κ2) is 10.6. The molecular weight excluding hydrogens is 447 g/mol. The van der Waals surface area contributed by atoms with Crippen molar-refractivity contribution in [3.8, 4) is 11.1 Å². The molecule has 7 heteroatoms. The third-order valence-corrected chi connectivity index (χ3v) is 6.51. The van der Waals surface area contributed by atoms with Crippen LogP contribution in [0.3, 0.4) is 0 Å². The van der Waals surface area contributed by atoms with Crippen LogP contribution in [0.25, 0.3) is 16.8 Å². The Morgan fingerprint density at radius 1 is 1.06 bits per heavy atom. The minimum atomic E-state index is -4.45. The molecule has 0 aromatic heterocycles. The molecule has 0 spiro atoms. The first-order valence-electron chi connectivity index (χ1n) is 10.8. The fraction of sp³-hybridized carbons (Fsp3) is 0.385. The van der Waals surface area contributed by atoms with Crippen molar-refractivity contribution in [3.63, 3.8) is 0 Å². The van der Waals surface area contributed by atoms with E-state index in [2.05, 4.69) is 0 Å². The van der Waals surface area contributed by atoms with Crippen LogP contribution in [0.1, 0.15) is 39.7 Å². The number of hydrogen-bond acceptors (Lipinski definition) is 3. The van der Waals surface area contributed by atoms with Crippen molar-refractivity contribution >= 4 is 15.5 Å². The van der Waals surface area contributed by atoms with Crippen molar-refractivity contribution in [3.05, 3.63) is 71.3 Å². The van der Waals surface area contributed by atoms with E-state index in [4.69, 9.17) is 0 Å². The molecule has 0 saturated carbocycles. The van der Waals surface area contributed by atoms with E-state index in [0.29, 0.717) is 24.2 Å². The van der Waals surface area contributed by atoms with Gasteiger partial charge in [0, 0.05) is 25.5 Å². The SMILES string of the molecule is CC/C(C)=C(/C=C(/c1ccc(-c2cccc(S(C)(=O)=O)c2)cc1)N(C)CC(C)C)C(F)(F)F. The van der Waals surface area contributed by atoms with Gasteiger partial charge < -0.3 is 4.90 Å². The molecule has 0 aliphatic carbocycles. The van der Waals surface area contributed by atoms with Crippen LogP contribution in [0.2, 0.25) is 0 Å². The lowest BCUT2D eigenvalue weighted by Crippen LogP contribution is -2.23. The smallest absolute Gasteiger partial charge is 0.374 e. The second-order valence-corrected chi connectivity index (χ2v) is 10.7. The van der Waals surface area contributed by atoms with Crippen molar-refractivity contribution in [2.45, 2.75) is 45.2 Å². The zero-order valence-corrected chi connectivity index (χ0v) is 20.8. The summed E-state index contributed by atoms with van der Waals surface area (Å²) in [5.74, 6) is 0.266. The highest BCUT2D eigenvalue weighted by Gasteiger charge is 2.34. The van der Waals surface area contributed by atoms with Gasteiger partial charge in [-0.3, -0.25) is 0 Å². The van der Waals surface area contributed by atoms with Gasteiger partial charge in [-0.1, -0.05) is 62.7 Å². The predicted octanol–water partition coefficient (Wildman–Crippen LogP) is 6.97. The van der Waals surface area contributed by atoms with Crippen molar-refractivity contribution in [1.29, 1.82) is 0 Å².